The van der Waals surface area contributed by atoms with Crippen molar-refractivity contribution in [3.63, 3.8) is 0 Å². The van der Waals surface area contributed by atoms with Gasteiger partial charge in [-0.25, -0.2) is 4.79 Å². The average molecular weight is 376 g/mol. The van der Waals surface area contributed by atoms with E-state index in [2.05, 4.69) is 5.32 Å². The highest BCUT2D eigenvalue weighted by Gasteiger charge is 2.33. The predicted molar refractivity (Wildman–Crippen MR) is 98.3 cm³/mol. The number of anilines is 1. The maximum absolute atomic E-state index is 12.2. The monoisotopic (exact) mass is 376 g/mol. The number of amides is 2. The van der Waals surface area contributed by atoms with Crippen molar-refractivity contribution in [2.45, 2.75) is 19.4 Å². The standard InChI is InChI=1S/C17H20N4O4S/c1-10(22)19-7-12-8-20(17(23)25-12)11-2-3-13-14-9-21(18)26-16(14)4-5-24-15(13)6-11/h2-3,6,12H,4-5,7-9,18H2,1H3,(H,19,22). The minimum atomic E-state index is -0.418. The summed E-state index contributed by atoms with van der Waals surface area (Å²) < 4.78 is 13.0. The molecule has 0 bridgehead atoms. The minimum absolute atomic E-state index is 0.148. The third kappa shape index (κ3) is 3.25. The van der Waals surface area contributed by atoms with E-state index < -0.39 is 6.09 Å². The van der Waals surface area contributed by atoms with Crippen LogP contribution in [0.2, 0.25) is 0 Å². The van der Waals surface area contributed by atoms with E-state index in [1.165, 1.54) is 17.4 Å². The SMILES string of the molecule is CC(=O)NCC1CN(c2ccc3c(c2)OCCC2=C3CN(N)S2)C(=O)O1. The number of ether oxygens (including phenoxy) is 2. The Bertz CT molecular complexity index is 797. The quantitative estimate of drug-likeness (QED) is 0.609. The van der Waals surface area contributed by atoms with Crippen LogP contribution in [0.15, 0.2) is 23.1 Å². The molecule has 0 aromatic heterocycles. The van der Waals surface area contributed by atoms with Crippen LogP contribution < -0.4 is 20.8 Å². The highest BCUT2D eigenvalue weighted by molar-refractivity contribution is 8.01. The van der Waals surface area contributed by atoms with Gasteiger partial charge in [0.15, 0.2) is 0 Å². The Morgan fingerprint density at radius 1 is 1.46 bits per heavy atom. The Morgan fingerprint density at radius 3 is 3.12 bits per heavy atom. The second kappa shape index (κ2) is 6.82. The van der Waals surface area contributed by atoms with E-state index in [4.69, 9.17) is 15.3 Å². The van der Waals surface area contributed by atoms with Gasteiger partial charge in [0.1, 0.15) is 11.9 Å². The Hall–Kier alpha value is -2.23. The molecule has 3 N–H and O–H groups in total. The van der Waals surface area contributed by atoms with E-state index in [9.17, 15) is 9.59 Å². The fourth-order valence-electron chi connectivity index (χ4n) is 3.30. The van der Waals surface area contributed by atoms with Gasteiger partial charge in [0.2, 0.25) is 5.91 Å². The summed E-state index contributed by atoms with van der Waals surface area (Å²) in [6.45, 7) is 3.37. The number of carbonyl (C=O) groups excluding carboxylic acids is 2. The van der Waals surface area contributed by atoms with E-state index in [0.717, 1.165) is 23.4 Å². The number of hydrazine groups is 1. The van der Waals surface area contributed by atoms with Crippen molar-refractivity contribution < 1.29 is 19.1 Å². The molecule has 1 unspecified atom stereocenters. The van der Waals surface area contributed by atoms with Gasteiger partial charge in [0.05, 0.1) is 31.9 Å². The molecule has 1 fully saturated rings. The number of fused-ring (bicyclic) bond motifs is 2. The first-order valence-corrected chi connectivity index (χ1v) is 9.20. The van der Waals surface area contributed by atoms with Crippen LogP contribution in [0.5, 0.6) is 5.75 Å². The van der Waals surface area contributed by atoms with Gasteiger partial charge in [-0.3, -0.25) is 15.5 Å². The molecule has 1 atom stereocenters. The number of hydrogen-bond acceptors (Lipinski definition) is 7. The maximum atomic E-state index is 12.2. The molecule has 26 heavy (non-hydrogen) atoms. The lowest BCUT2D eigenvalue weighted by atomic mass is 10.0. The summed E-state index contributed by atoms with van der Waals surface area (Å²) in [4.78, 5) is 26.0. The van der Waals surface area contributed by atoms with Gasteiger partial charge in [-0.15, -0.1) is 0 Å². The Labute approximate surface area is 155 Å². The second-order valence-corrected chi connectivity index (χ2v) is 7.54. The number of rotatable bonds is 3. The van der Waals surface area contributed by atoms with Crippen LogP contribution in [0.3, 0.4) is 0 Å². The maximum Gasteiger partial charge on any atom is 0.414 e. The average Bonchev–Trinajstić information content (AvgIpc) is 3.11. The largest absolute Gasteiger partial charge is 0.493 e. The molecule has 3 aliphatic heterocycles. The number of hydrogen-bond donors (Lipinski definition) is 2. The molecule has 0 aliphatic carbocycles. The van der Waals surface area contributed by atoms with Crippen molar-refractivity contribution in [1.82, 2.24) is 9.73 Å². The summed E-state index contributed by atoms with van der Waals surface area (Å²) >= 11 is 1.56. The third-order valence-corrected chi connectivity index (χ3v) is 5.55. The molecule has 138 valence electrons. The van der Waals surface area contributed by atoms with Gasteiger partial charge in [-0.2, -0.15) is 4.41 Å². The molecule has 9 heteroatoms. The van der Waals surface area contributed by atoms with Crippen molar-refractivity contribution >= 4 is 35.2 Å². The molecule has 0 radical (unpaired) electrons. The minimum Gasteiger partial charge on any atom is -0.493 e. The van der Waals surface area contributed by atoms with E-state index in [1.807, 2.05) is 18.2 Å². The van der Waals surface area contributed by atoms with Gasteiger partial charge < -0.3 is 14.8 Å². The summed E-state index contributed by atoms with van der Waals surface area (Å²) in [6.07, 6.45) is 0.0401. The van der Waals surface area contributed by atoms with Crippen LogP contribution in [0.4, 0.5) is 10.5 Å². The first-order valence-electron chi connectivity index (χ1n) is 8.43. The van der Waals surface area contributed by atoms with Crippen LogP contribution in [0.25, 0.3) is 5.57 Å². The lowest BCUT2D eigenvalue weighted by Gasteiger charge is -2.17. The number of benzene rings is 1. The topological polar surface area (TPSA) is 97.1 Å². The smallest absolute Gasteiger partial charge is 0.414 e. The molecule has 8 nitrogen and oxygen atoms in total. The predicted octanol–water partition coefficient (Wildman–Crippen LogP) is 1.48. The van der Waals surface area contributed by atoms with E-state index in [0.29, 0.717) is 26.2 Å². The third-order valence-electron chi connectivity index (χ3n) is 4.52. The molecule has 1 saturated heterocycles. The summed E-state index contributed by atoms with van der Waals surface area (Å²) in [7, 11) is 0. The number of nitrogens with one attached hydrogen (secondary N) is 1. The van der Waals surface area contributed by atoms with E-state index in [1.54, 1.807) is 21.3 Å². The molecule has 1 aromatic carbocycles. The van der Waals surface area contributed by atoms with Crippen LogP contribution in [0.1, 0.15) is 18.9 Å². The zero-order valence-corrected chi connectivity index (χ0v) is 15.2. The van der Waals surface area contributed by atoms with Gasteiger partial charge >= 0.3 is 6.09 Å². The van der Waals surface area contributed by atoms with Crippen LogP contribution in [-0.2, 0) is 9.53 Å². The molecule has 1 aromatic rings. The van der Waals surface area contributed by atoms with Gasteiger partial charge in [-0.05, 0) is 29.7 Å². The molecule has 2 amide bonds. The summed E-state index contributed by atoms with van der Waals surface area (Å²) in [6, 6.07) is 5.74. The Balaban J connectivity index is 1.55. The molecule has 4 rings (SSSR count). The fourth-order valence-corrected chi connectivity index (χ4v) is 4.24. The van der Waals surface area contributed by atoms with Gasteiger partial charge in [-0.1, -0.05) is 0 Å². The summed E-state index contributed by atoms with van der Waals surface area (Å²) in [5.41, 5.74) is 2.92. The van der Waals surface area contributed by atoms with Crippen molar-refractivity contribution in [1.29, 1.82) is 0 Å². The molecular weight excluding hydrogens is 356 g/mol. The number of nitrogens with zero attached hydrogens (tertiary/aromatic N) is 2. The fraction of sp³-hybridized carbons (Fsp3) is 0.412. The Kier molecular flexibility index (Phi) is 4.51. The van der Waals surface area contributed by atoms with Crippen molar-refractivity contribution in [2.24, 2.45) is 5.84 Å². The summed E-state index contributed by atoms with van der Waals surface area (Å²) in [5.74, 6) is 6.53. The number of cyclic esters (lactones) is 1. The molecular formula is C17H20N4O4S. The number of nitrogens with two attached hydrogens (primary N) is 1. The first-order chi connectivity index (χ1) is 12.5. The lowest BCUT2D eigenvalue weighted by molar-refractivity contribution is -0.119. The zero-order chi connectivity index (χ0) is 18.3. The normalized spacial score (nSPS) is 22.5. The van der Waals surface area contributed by atoms with Crippen LogP contribution in [-0.4, -0.2) is 48.8 Å². The molecule has 0 saturated carbocycles. The van der Waals surface area contributed by atoms with Crippen molar-refractivity contribution in [2.75, 3.05) is 31.1 Å². The second-order valence-electron chi connectivity index (χ2n) is 6.40. The first kappa shape index (κ1) is 17.2. The Morgan fingerprint density at radius 2 is 2.31 bits per heavy atom. The number of carbonyl (C=O) groups is 2. The van der Waals surface area contributed by atoms with Gasteiger partial charge in [0.25, 0.3) is 0 Å². The molecule has 0 spiro atoms. The molecule has 3 aliphatic rings. The van der Waals surface area contributed by atoms with Crippen molar-refractivity contribution in [3.8, 4) is 5.75 Å². The zero-order valence-electron chi connectivity index (χ0n) is 14.4. The van der Waals surface area contributed by atoms with E-state index >= 15 is 0 Å². The van der Waals surface area contributed by atoms with Crippen LogP contribution >= 0.6 is 11.9 Å². The highest BCUT2D eigenvalue weighted by atomic mass is 32.2. The van der Waals surface area contributed by atoms with Gasteiger partial charge in [0, 0.05) is 29.9 Å². The van der Waals surface area contributed by atoms with Crippen molar-refractivity contribution in [3.05, 3.63) is 28.7 Å². The lowest BCUT2D eigenvalue weighted by Crippen LogP contribution is -2.33. The molecule has 3 heterocycles. The summed E-state index contributed by atoms with van der Waals surface area (Å²) in [5, 5.41) is 2.68. The highest BCUT2D eigenvalue weighted by Crippen LogP contribution is 2.44. The van der Waals surface area contributed by atoms with Crippen LogP contribution in [0, 0.1) is 0 Å². The van der Waals surface area contributed by atoms with E-state index in [-0.39, 0.29) is 12.0 Å².